The largest absolute Gasteiger partial charge is 0.385 e. The highest BCUT2D eigenvalue weighted by molar-refractivity contribution is 6.42. The van der Waals surface area contributed by atoms with Crippen molar-refractivity contribution in [2.75, 3.05) is 0 Å². The lowest BCUT2D eigenvalue weighted by Gasteiger charge is -2.08. The summed E-state index contributed by atoms with van der Waals surface area (Å²) in [5.41, 5.74) is 0.654. The average Bonchev–Trinajstić information content (AvgIpc) is 2.23. The van der Waals surface area contributed by atoms with E-state index < -0.39 is 6.10 Å². The van der Waals surface area contributed by atoms with Crippen molar-refractivity contribution >= 4 is 29.0 Å². The second kappa shape index (κ2) is 5.50. The van der Waals surface area contributed by atoms with Crippen molar-refractivity contribution in [2.45, 2.75) is 25.9 Å². The monoisotopic (exact) mass is 246 g/mol. The summed E-state index contributed by atoms with van der Waals surface area (Å²) in [5.74, 6) is -0.235. The zero-order chi connectivity index (χ0) is 11.4. The number of Topliss-reactive ketones (excluding diaryl/α,β-unsaturated/α-hetero) is 1. The molecule has 0 fully saturated rings. The summed E-state index contributed by atoms with van der Waals surface area (Å²) in [6.45, 7) is 1.75. The topological polar surface area (TPSA) is 37.3 Å². The molecule has 82 valence electrons. The van der Waals surface area contributed by atoms with Gasteiger partial charge in [-0.05, 0) is 18.1 Å². The number of aliphatic hydroxyl groups is 1. The van der Waals surface area contributed by atoms with Gasteiger partial charge in [-0.3, -0.25) is 4.79 Å². The Labute approximate surface area is 98.8 Å². The smallest absolute Gasteiger partial charge is 0.165 e. The zero-order valence-corrected chi connectivity index (χ0v) is 9.85. The first-order valence-corrected chi connectivity index (χ1v) is 5.45. The normalized spacial score (nSPS) is 12.5. The van der Waals surface area contributed by atoms with Crippen molar-refractivity contribution in [1.29, 1.82) is 0 Å². The molecule has 0 spiro atoms. The molecule has 15 heavy (non-hydrogen) atoms. The Hall–Kier alpha value is -0.570. The molecular formula is C11H12Cl2O2. The highest BCUT2D eigenvalue weighted by Gasteiger charge is 2.15. The molecule has 0 aliphatic rings. The fourth-order valence-corrected chi connectivity index (χ4v) is 1.61. The van der Waals surface area contributed by atoms with Crippen LogP contribution in [0.25, 0.3) is 0 Å². The van der Waals surface area contributed by atoms with Gasteiger partial charge in [0.05, 0.1) is 10.0 Å². The molecule has 0 aliphatic carbocycles. The van der Waals surface area contributed by atoms with E-state index in [1.807, 2.05) is 0 Å². The van der Waals surface area contributed by atoms with Gasteiger partial charge in [-0.2, -0.15) is 0 Å². The molecule has 1 N–H and O–H groups in total. The minimum absolute atomic E-state index is 0.119. The Morgan fingerprint density at radius 1 is 1.47 bits per heavy atom. The van der Waals surface area contributed by atoms with Crippen LogP contribution < -0.4 is 0 Å². The van der Waals surface area contributed by atoms with Crippen LogP contribution in [0.1, 0.15) is 18.9 Å². The molecule has 0 heterocycles. The van der Waals surface area contributed by atoms with Gasteiger partial charge in [-0.25, -0.2) is 0 Å². The maximum Gasteiger partial charge on any atom is 0.165 e. The molecule has 1 rings (SSSR count). The maximum atomic E-state index is 11.5. The van der Waals surface area contributed by atoms with E-state index in [0.29, 0.717) is 22.0 Å². The molecule has 1 unspecified atom stereocenters. The Morgan fingerprint density at radius 2 is 2.13 bits per heavy atom. The number of halogens is 2. The van der Waals surface area contributed by atoms with Crippen LogP contribution in [0.15, 0.2) is 18.2 Å². The second-order valence-electron chi connectivity index (χ2n) is 3.28. The molecule has 0 saturated carbocycles. The lowest BCUT2D eigenvalue weighted by atomic mass is 10.0. The van der Waals surface area contributed by atoms with Crippen molar-refractivity contribution in [3.63, 3.8) is 0 Å². The summed E-state index contributed by atoms with van der Waals surface area (Å²) in [4.78, 5) is 11.5. The van der Waals surface area contributed by atoms with Crippen LogP contribution >= 0.6 is 23.2 Å². The predicted octanol–water partition coefficient (Wildman–Crippen LogP) is 2.88. The summed E-state index contributed by atoms with van der Waals surface area (Å²) < 4.78 is 0. The molecule has 0 aromatic heterocycles. The lowest BCUT2D eigenvalue weighted by Crippen LogP contribution is -2.21. The van der Waals surface area contributed by atoms with E-state index in [0.717, 1.165) is 0 Å². The third-order valence-corrected chi connectivity index (χ3v) is 3.01. The number of carbonyl (C=O) groups excluding carboxylic acids is 1. The minimum Gasteiger partial charge on any atom is -0.385 e. The number of aliphatic hydroxyl groups excluding tert-OH is 1. The predicted molar refractivity (Wildman–Crippen MR) is 61.5 cm³/mol. The van der Waals surface area contributed by atoms with E-state index in [1.165, 1.54) is 0 Å². The number of benzene rings is 1. The fraction of sp³-hybridized carbons (Fsp3) is 0.364. The Balaban J connectivity index is 2.81. The first kappa shape index (κ1) is 12.5. The summed E-state index contributed by atoms with van der Waals surface area (Å²) in [7, 11) is 0. The van der Waals surface area contributed by atoms with E-state index in [9.17, 15) is 9.90 Å². The van der Waals surface area contributed by atoms with Crippen molar-refractivity contribution in [3.05, 3.63) is 33.8 Å². The molecule has 1 aromatic rings. The summed E-state index contributed by atoms with van der Waals surface area (Å²) in [6.07, 6.45) is -0.383. The van der Waals surface area contributed by atoms with Crippen molar-refractivity contribution in [2.24, 2.45) is 0 Å². The van der Waals surface area contributed by atoms with Gasteiger partial charge >= 0.3 is 0 Å². The molecule has 0 radical (unpaired) electrons. The van der Waals surface area contributed by atoms with Crippen LogP contribution in [0.2, 0.25) is 10.0 Å². The summed E-state index contributed by atoms with van der Waals surface area (Å²) >= 11 is 11.7. The highest BCUT2D eigenvalue weighted by atomic mass is 35.5. The molecule has 2 nitrogen and oxygen atoms in total. The molecule has 1 atom stereocenters. The summed E-state index contributed by atoms with van der Waals surface area (Å²) in [6, 6.07) is 5.12. The van der Waals surface area contributed by atoms with Crippen LogP contribution in [0, 0.1) is 0 Å². The summed E-state index contributed by atoms with van der Waals surface area (Å²) in [5, 5.41) is 10.1. The van der Waals surface area contributed by atoms with Gasteiger partial charge in [-0.1, -0.05) is 42.3 Å². The Kier molecular flexibility index (Phi) is 4.58. The fourth-order valence-electron chi connectivity index (χ4n) is 1.22. The van der Waals surface area contributed by atoms with Crippen molar-refractivity contribution in [1.82, 2.24) is 0 Å². The number of hydrogen-bond donors (Lipinski definition) is 1. The first-order chi connectivity index (χ1) is 7.06. The van der Waals surface area contributed by atoms with E-state index in [4.69, 9.17) is 23.2 Å². The molecule has 0 saturated heterocycles. The van der Waals surface area contributed by atoms with Gasteiger partial charge in [0.25, 0.3) is 0 Å². The third-order valence-electron chi connectivity index (χ3n) is 2.15. The quantitative estimate of drug-likeness (QED) is 0.888. The molecule has 1 aromatic carbocycles. The average molecular weight is 247 g/mol. The van der Waals surface area contributed by atoms with Crippen LogP contribution in [0.5, 0.6) is 0 Å². The van der Waals surface area contributed by atoms with E-state index in [1.54, 1.807) is 25.1 Å². The second-order valence-corrected chi connectivity index (χ2v) is 4.07. The first-order valence-electron chi connectivity index (χ1n) is 4.70. The molecule has 0 bridgehead atoms. The number of ketones is 1. The molecule has 0 aliphatic heterocycles. The van der Waals surface area contributed by atoms with E-state index in [2.05, 4.69) is 0 Å². The molecular weight excluding hydrogens is 235 g/mol. The molecule has 4 heteroatoms. The highest BCUT2D eigenvalue weighted by Crippen LogP contribution is 2.26. The van der Waals surface area contributed by atoms with Gasteiger partial charge in [-0.15, -0.1) is 0 Å². The number of rotatable bonds is 4. The van der Waals surface area contributed by atoms with Crippen molar-refractivity contribution in [3.8, 4) is 0 Å². The van der Waals surface area contributed by atoms with Crippen molar-refractivity contribution < 1.29 is 9.90 Å². The minimum atomic E-state index is -0.917. The SMILES string of the molecule is CCC(O)C(=O)Cc1cccc(Cl)c1Cl. The van der Waals surface area contributed by atoms with Gasteiger partial charge in [0.1, 0.15) is 6.10 Å². The Bertz CT molecular complexity index is 364. The van der Waals surface area contributed by atoms with Crippen LogP contribution in [-0.2, 0) is 11.2 Å². The van der Waals surface area contributed by atoms with Gasteiger partial charge < -0.3 is 5.11 Å². The lowest BCUT2D eigenvalue weighted by molar-refractivity contribution is -0.126. The van der Waals surface area contributed by atoms with Crippen LogP contribution in [0.3, 0.4) is 0 Å². The van der Waals surface area contributed by atoms with Gasteiger partial charge in [0.2, 0.25) is 0 Å². The maximum absolute atomic E-state index is 11.5. The number of hydrogen-bond acceptors (Lipinski definition) is 2. The van der Waals surface area contributed by atoms with Gasteiger partial charge in [0.15, 0.2) is 5.78 Å². The third kappa shape index (κ3) is 3.20. The standard InChI is InChI=1S/C11H12Cl2O2/c1-2-9(14)10(15)6-7-4-3-5-8(12)11(7)13/h3-5,9,14H,2,6H2,1H3. The van der Waals surface area contributed by atoms with Crippen LogP contribution in [-0.4, -0.2) is 17.0 Å². The van der Waals surface area contributed by atoms with Gasteiger partial charge in [0, 0.05) is 6.42 Å². The van der Waals surface area contributed by atoms with E-state index >= 15 is 0 Å². The zero-order valence-electron chi connectivity index (χ0n) is 8.34. The Morgan fingerprint density at radius 3 is 2.73 bits per heavy atom. The molecule has 0 amide bonds. The van der Waals surface area contributed by atoms with E-state index in [-0.39, 0.29) is 12.2 Å². The number of carbonyl (C=O) groups is 1. The van der Waals surface area contributed by atoms with Crippen LogP contribution in [0.4, 0.5) is 0 Å².